The Hall–Kier alpha value is -1.74. The molecule has 0 spiro atoms. The number of nitrogens with zero attached hydrogens (tertiary/aromatic N) is 1. The van der Waals surface area contributed by atoms with Crippen molar-refractivity contribution in [3.8, 4) is 17.0 Å². The van der Waals surface area contributed by atoms with Crippen molar-refractivity contribution >= 4 is 11.6 Å². The second-order valence-electron chi connectivity index (χ2n) is 4.20. The molecule has 0 amide bonds. The lowest BCUT2D eigenvalue weighted by Crippen LogP contribution is -2.21. The Morgan fingerprint density at radius 3 is 2.74 bits per heavy atom. The molecule has 0 unspecified atom stereocenters. The van der Waals surface area contributed by atoms with Crippen molar-refractivity contribution in [1.29, 1.82) is 0 Å². The Morgan fingerprint density at radius 2 is 2.05 bits per heavy atom. The molecule has 4 heteroatoms. The van der Waals surface area contributed by atoms with E-state index >= 15 is 0 Å². The van der Waals surface area contributed by atoms with Crippen molar-refractivity contribution in [2.45, 2.75) is 12.8 Å². The van der Waals surface area contributed by atoms with Crippen molar-refractivity contribution in [2.75, 3.05) is 6.61 Å². The molecule has 0 bridgehead atoms. The minimum atomic E-state index is -0.0608. The van der Waals surface area contributed by atoms with Crippen molar-refractivity contribution in [1.82, 2.24) is 4.57 Å². The van der Waals surface area contributed by atoms with Gasteiger partial charge in [-0.05, 0) is 25.1 Å². The molecule has 2 rings (SSSR count). The van der Waals surface area contributed by atoms with E-state index in [2.05, 4.69) is 0 Å². The van der Waals surface area contributed by atoms with Gasteiger partial charge < -0.3 is 9.30 Å². The second kappa shape index (κ2) is 5.93. The molecule has 0 radical (unpaired) electrons. The van der Waals surface area contributed by atoms with Gasteiger partial charge in [-0.3, -0.25) is 4.79 Å². The molecule has 0 saturated carbocycles. The molecule has 0 N–H and O–H groups in total. The Kier molecular flexibility index (Phi) is 4.27. The number of alkyl halides is 1. The summed E-state index contributed by atoms with van der Waals surface area (Å²) in [6.07, 6.45) is 0. The number of ether oxygens (including phenoxy) is 1. The number of hydrogen-bond donors (Lipinski definition) is 0. The summed E-state index contributed by atoms with van der Waals surface area (Å²) in [5.41, 5.74) is 2.34. The SMILES string of the molecule is CCOc1cccc(-c2ccc(CCl)c(=O)n2C)c1. The molecule has 0 aliphatic carbocycles. The molecule has 1 heterocycles. The first-order valence-electron chi connectivity index (χ1n) is 6.15. The van der Waals surface area contributed by atoms with Crippen LogP contribution in [0.3, 0.4) is 0 Å². The lowest BCUT2D eigenvalue weighted by molar-refractivity contribution is 0.340. The van der Waals surface area contributed by atoms with Crippen LogP contribution in [0.15, 0.2) is 41.2 Å². The largest absolute Gasteiger partial charge is 0.494 e. The van der Waals surface area contributed by atoms with Gasteiger partial charge in [0.2, 0.25) is 0 Å². The first-order valence-corrected chi connectivity index (χ1v) is 6.69. The van der Waals surface area contributed by atoms with E-state index in [1.54, 1.807) is 17.7 Å². The van der Waals surface area contributed by atoms with Crippen LogP contribution in [0.1, 0.15) is 12.5 Å². The van der Waals surface area contributed by atoms with Crippen LogP contribution in [-0.2, 0) is 12.9 Å². The van der Waals surface area contributed by atoms with Crippen LogP contribution in [0.4, 0.5) is 0 Å². The van der Waals surface area contributed by atoms with E-state index in [0.29, 0.717) is 12.2 Å². The first kappa shape index (κ1) is 13.7. The maximum atomic E-state index is 12.1. The van der Waals surface area contributed by atoms with Gasteiger partial charge in [0.25, 0.3) is 5.56 Å². The van der Waals surface area contributed by atoms with E-state index < -0.39 is 0 Å². The Labute approximate surface area is 117 Å². The van der Waals surface area contributed by atoms with E-state index in [-0.39, 0.29) is 11.4 Å². The van der Waals surface area contributed by atoms with E-state index in [4.69, 9.17) is 16.3 Å². The lowest BCUT2D eigenvalue weighted by Gasteiger charge is -2.11. The van der Waals surface area contributed by atoms with Gasteiger partial charge in [-0.15, -0.1) is 11.6 Å². The molecule has 2 aromatic rings. The molecule has 0 saturated heterocycles. The fourth-order valence-electron chi connectivity index (χ4n) is 1.99. The summed E-state index contributed by atoms with van der Waals surface area (Å²) in [7, 11) is 1.75. The molecule has 0 aliphatic rings. The fourth-order valence-corrected chi connectivity index (χ4v) is 2.19. The number of pyridine rings is 1. The quantitative estimate of drug-likeness (QED) is 0.804. The predicted molar refractivity (Wildman–Crippen MR) is 77.8 cm³/mol. The summed E-state index contributed by atoms with van der Waals surface area (Å²) >= 11 is 5.74. The third-order valence-corrected chi connectivity index (χ3v) is 3.26. The van der Waals surface area contributed by atoms with Crippen molar-refractivity contribution in [3.05, 3.63) is 52.3 Å². The maximum absolute atomic E-state index is 12.1. The average molecular weight is 278 g/mol. The first-order chi connectivity index (χ1) is 9.17. The van der Waals surface area contributed by atoms with Gasteiger partial charge >= 0.3 is 0 Å². The van der Waals surface area contributed by atoms with Gasteiger partial charge in [0.1, 0.15) is 5.75 Å². The van der Waals surface area contributed by atoms with E-state index in [0.717, 1.165) is 17.0 Å². The zero-order valence-electron chi connectivity index (χ0n) is 11.0. The maximum Gasteiger partial charge on any atom is 0.255 e. The highest BCUT2D eigenvalue weighted by Gasteiger charge is 2.07. The average Bonchev–Trinajstić information content (AvgIpc) is 2.42. The number of rotatable bonds is 4. The molecule has 1 aromatic carbocycles. The van der Waals surface area contributed by atoms with Crippen molar-refractivity contribution in [2.24, 2.45) is 7.05 Å². The van der Waals surface area contributed by atoms with Crippen LogP contribution < -0.4 is 10.3 Å². The Balaban J connectivity index is 2.50. The highest BCUT2D eigenvalue weighted by Crippen LogP contribution is 2.23. The van der Waals surface area contributed by atoms with Crippen molar-refractivity contribution < 1.29 is 4.74 Å². The van der Waals surface area contributed by atoms with E-state index in [1.807, 2.05) is 37.3 Å². The predicted octanol–water partition coefficient (Wildman–Crippen LogP) is 3.19. The highest BCUT2D eigenvalue weighted by atomic mass is 35.5. The standard InChI is InChI=1S/C15H16ClNO2/c1-3-19-13-6-4-5-11(9-13)14-8-7-12(10-16)15(18)17(14)2/h4-9H,3,10H2,1-2H3. The summed E-state index contributed by atoms with van der Waals surface area (Å²) in [5.74, 6) is 1.03. The van der Waals surface area contributed by atoms with Crippen LogP contribution >= 0.6 is 11.6 Å². The van der Waals surface area contributed by atoms with Crippen LogP contribution in [0.25, 0.3) is 11.3 Å². The zero-order valence-corrected chi connectivity index (χ0v) is 11.8. The smallest absolute Gasteiger partial charge is 0.255 e. The van der Waals surface area contributed by atoms with Crippen LogP contribution in [0, 0.1) is 0 Å². The number of benzene rings is 1. The molecule has 3 nitrogen and oxygen atoms in total. The lowest BCUT2D eigenvalue weighted by atomic mass is 10.1. The summed E-state index contributed by atoms with van der Waals surface area (Å²) in [6.45, 7) is 2.56. The second-order valence-corrected chi connectivity index (χ2v) is 4.47. The van der Waals surface area contributed by atoms with Crippen LogP contribution in [-0.4, -0.2) is 11.2 Å². The normalized spacial score (nSPS) is 10.5. The van der Waals surface area contributed by atoms with Gasteiger partial charge in [0, 0.05) is 18.2 Å². The number of aromatic nitrogens is 1. The van der Waals surface area contributed by atoms with Crippen molar-refractivity contribution in [3.63, 3.8) is 0 Å². The van der Waals surface area contributed by atoms with Gasteiger partial charge in [-0.2, -0.15) is 0 Å². The summed E-state index contributed by atoms with van der Waals surface area (Å²) < 4.78 is 7.09. The minimum absolute atomic E-state index is 0.0608. The molecule has 1 aromatic heterocycles. The summed E-state index contributed by atoms with van der Waals surface area (Å²) in [6, 6.07) is 11.4. The van der Waals surface area contributed by atoms with E-state index in [1.165, 1.54) is 0 Å². The molecular weight excluding hydrogens is 262 g/mol. The molecular formula is C15H16ClNO2. The molecule has 0 fully saturated rings. The third-order valence-electron chi connectivity index (χ3n) is 2.97. The number of hydrogen-bond acceptors (Lipinski definition) is 2. The monoisotopic (exact) mass is 277 g/mol. The third kappa shape index (κ3) is 2.82. The van der Waals surface area contributed by atoms with E-state index in [9.17, 15) is 4.79 Å². The Bertz CT molecular complexity index is 634. The van der Waals surface area contributed by atoms with Crippen LogP contribution in [0.2, 0.25) is 0 Å². The van der Waals surface area contributed by atoms with Gasteiger partial charge in [0.05, 0.1) is 18.2 Å². The molecule has 100 valence electrons. The molecule has 0 atom stereocenters. The zero-order chi connectivity index (χ0) is 13.8. The highest BCUT2D eigenvalue weighted by molar-refractivity contribution is 6.17. The van der Waals surface area contributed by atoms with Gasteiger partial charge in [0.15, 0.2) is 0 Å². The minimum Gasteiger partial charge on any atom is -0.494 e. The summed E-state index contributed by atoms with van der Waals surface area (Å²) in [4.78, 5) is 12.1. The number of halogens is 1. The van der Waals surface area contributed by atoms with Gasteiger partial charge in [-0.25, -0.2) is 0 Å². The van der Waals surface area contributed by atoms with Gasteiger partial charge in [-0.1, -0.05) is 18.2 Å². The summed E-state index contributed by atoms with van der Waals surface area (Å²) in [5, 5.41) is 0. The fraction of sp³-hybridized carbons (Fsp3) is 0.267. The topological polar surface area (TPSA) is 31.2 Å². The Morgan fingerprint density at radius 1 is 1.26 bits per heavy atom. The van der Waals surface area contributed by atoms with Crippen LogP contribution in [0.5, 0.6) is 5.75 Å². The molecule has 19 heavy (non-hydrogen) atoms. The molecule has 0 aliphatic heterocycles.